The molecule has 746 valence electrons. The minimum atomic E-state index is -0.682. The maximum atomic E-state index is 13.8. The molecule has 0 aliphatic rings. The second kappa shape index (κ2) is 59.5. The summed E-state index contributed by atoms with van der Waals surface area (Å²) in [5.74, 6) is 4.52. The fourth-order valence-corrected chi connectivity index (χ4v) is 15.0. The van der Waals surface area contributed by atoms with Crippen molar-refractivity contribution in [3.8, 4) is 34.5 Å². The molecule has 0 spiro atoms. The Morgan fingerprint density at radius 3 is 0.652 bits per heavy atom. The largest absolute Gasteiger partial charge is 0.494 e. The Labute approximate surface area is 823 Å². The van der Waals surface area contributed by atoms with Gasteiger partial charge in [0.05, 0.1) is 39.6 Å². The highest BCUT2D eigenvalue weighted by Crippen LogP contribution is 2.28. The normalized spacial score (nSPS) is 11.6. The Morgan fingerprint density at radius 2 is 0.428 bits per heavy atom. The van der Waals surface area contributed by atoms with E-state index in [1.165, 1.54) is 64.2 Å². The lowest BCUT2D eigenvalue weighted by Gasteiger charge is -2.28. The molecule has 0 atom stereocenters. The molecule has 0 aromatic heterocycles. The summed E-state index contributed by atoms with van der Waals surface area (Å²) in [5.41, 5.74) is 9.37. The van der Waals surface area contributed by atoms with Crippen LogP contribution >= 0.6 is 0 Å². The van der Waals surface area contributed by atoms with Gasteiger partial charge in [-0.2, -0.15) is 0 Å². The van der Waals surface area contributed by atoms with Crippen molar-refractivity contribution in [3.05, 3.63) is 310 Å². The molecule has 0 heterocycles. The van der Waals surface area contributed by atoms with Crippen LogP contribution in [0, 0.1) is 0 Å². The summed E-state index contributed by atoms with van der Waals surface area (Å²) in [6.45, 7) is 40.0. The van der Waals surface area contributed by atoms with Crippen molar-refractivity contribution in [2.24, 2.45) is 0 Å². The van der Waals surface area contributed by atoms with Crippen LogP contribution < -0.4 is 39.1 Å². The highest BCUT2D eigenvalue weighted by Gasteiger charge is 2.29. The molecule has 9 aromatic carbocycles. The number of benzene rings is 9. The van der Waals surface area contributed by atoms with Gasteiger partial charge >= 0.3 is 24.4 Å². The number of nitrogens with one attached hydrogen (secondary N) is 2. The Balaban J connectivity index is 0.602. The van der Waals surface area contributed by atoms with Gasteiger partial charge in [0, 0.05) is 84.6 Å². The van der Waals surface area contributed by atoms with Crippen molar-refractivity contribution in [2.75, 3.05) is 66.1 Å². The second-order valence-electron chi connectivity index (χ2n) is 39.3. The molecule has 0 unspecified atom stereocenters. The van der Waals surface area contributed by atoms with Crippen molar-refractivity contribution >= 4 is 24.4 Å². The zero-order valence-corrected chi connectivity index (χ0v) is 84.5. The minimum Gasteiger partial charge on any atom is -0.494 e. The predicted molar refractivity (Wildman–Crippen MR) is 550 cm³/mol. The van der Waals surface area contributed by atoms with E-state index in [0.717, 1.165) is 128 Å². The Morgan fingerprint density at radius 1 is 0.239 bits per heavy atom. The molecule has 138 heavy (non-hydrogen) atoms. The standard InChI is InChI=1S/C116H156N6O16/c1-15-17-19-21-23-25-27-29-31-68-129-103-64-56-101(57-65-103)89-121(111(125)137-115(9,10)11)87-99-48-44-97(45-49-99)85-119(109(123)135-113(3,4)5)83-95-40-36-91(37-41-95)79-117-81-93-52-60-105(61-53-93)131-74-70-127-72-76-133-107-34-33-35-108(78-107)134-77-73-128-71-75-132-106-62-54-94(55-63-106)82-118-80-92-38-42-96(43-39-92)84-120(110(124)136-114(6,7)8)86-98-46-50-100(51-47-98)88-122(112(126)138-116(12,13)14)90-102-58-66-104(67-59-102)130-69-32-30-28-26-24-22-20-18-16-2/h15-16,33-67,78,117-118H,1-2,17-32,68-77,79-90H2,3-14H3. The van der Waals surface area contributed by atoms with E-state index >= 15 is 0 Å². The lowest BCUT2D eigenvalue weighted by atomic mass is 10.1. The summed E-state index contributed by atoms with van der Waals surface area (Å²) in [6, 6.07) is 72.1. The number of allylic oxidation sites excluding steroid dienone is 2. The average molecular weight is 1890 g/mol. The summed E-state index contributed by atoms with van der Waals surface area (Å²) in [4.78, 5) is 61.8. The van der Waals surface area contributed by atoms with E-state index in [-0.39, 0.29) is 0 Å². The number of rotatable bonds is 62. The molecular formula is C116H156N6O16. The summed E-state index contributed by atoms with van der Waals surface area (Å²) in [6.07, 6.45) is 21.5. The molecule has 0 saturated carbocycles. The lowest BCUT2D eigenvalue weighted by molar-refractivity contribution is 0.0205. The number of carbonyl (C=O) groups excluding carboxylic acids is 4. The highest BCUT2D eigenvalue weighted by atomic mass is 16.6. The van der Waals surface area contributed by atoms with Gasteiger partial charge in [-0.15, -0.1) is 13.2 Å². The molecular weight excluding hydrogens is 1730 g/mol. The molecule has 0 aliphatic heterocycles. The van der Waals surface area contributed by atoms with E-state index in [9.17, 15) is 19.2 Å². The van der Waals surface area contributed by atoms with E-state index in [1.54, 1.807) is 19.6 Å². The zero-order valence-electron chi connectivity index (χ0n) is 84.5. The molecule has 0 saturated heterocycles. The topological polar surface area (TPSA) is 216 Å². The van der Waals surface area contributed by atoms with Crippen LogP contribution in [0.15, 0.2) is 244 Å². The van der Waals surface area contributed by atoms with Crippen molar-refractivity contribution in [1.82, 2.24) is 30.2 Å². The van der Waals surface area contributed by atoms with E-state index in [4.69, 9.17) is 56.8 Å². The van der Waals surface area contributed by atoms with Crippen LogP contribution in [0.4, 0.5) is 19.2 Å². The Bertz CT molecular complexity index is 4660. The molecule has 2 N–H and O–H groups in total. The molecule has 0 radical (unpaired) electrons. The second-order valence-corrected chi connectivity index (χ2v) is 39.3. The Hall–Kier alpha value is -11.8. The summed E-state index contributed by atoms with van der Waals surface area (Å²) in [5, 5.41) is 7.10. The van der Waals surface area contributed by atoms with Crippen LogP contribution in [0.5, 0.6) is 34.5 Å². The maximum absolute atomic E-state index is 13.8. The average Bonchev–Trinajstić information content (AvgIpc) is 0.844. The maximum Gasteiger partial charge on any atom is 0.410 e. The van der Waals surface area contributed by atoms with Gasteiger partial charge in [0.15, 0.2) is 0 Å². The first-order valence-electron chi connectivity index (χ1n) is 49.7. The number of carbonyl (C=O) groups is 4. The van der Waals surface area contributed by atoms with Crippen molar-refractivity contribution in [3.63, 3.8) is 0 Å². The van der Waals surface area contributed by atoms with Crippen LogP contribution in [0.3, 0.4) is 0 Å². The van der Waals surface area contributed by atoms with E-state index < -0.39 is 46.8 Å². The fourth-order valence-electron chi connectivity index (χ4n) is 15.0. The van der Waals surface area contributed by atoms with Gasteiger partial charge in [0.1, 0.15) is 83.3 Å². The first-order valence-corrected chi connectivity index (χ1v) is 49.7. The quantitative estimate of drug-likeness (QED) is 0.0206. The number of unbranched alkanes of at least 4 members (excludes halogenated alkanes) is 14. The number of hydrogen-bond donors (Lipinski definition) is 2. The van der Waals surface area contributed by atoms with Gasteiger partial charge in [0.25, 0.3) is 0 Å². The van der Waals surface area contributed by atoms with Gasteiger partial charge < -0.3 is 67.5 Å². The lowest BCUT2D eigenvalue weighted by Crippen LogP contribution is -2.36. The minimum absolute atomic E-state index is 0.326. The molecule has 4 amide bonds. The molecule has 0 bridgehead atoms. The van der Waals surface area contributed by atoms with Gasteiger partial charge in [-0.25, -0.2) is 19.2 Å². The highest BCUT2D eigenvalue weighted by molar-refractivity contribution is 5.70. The zero-order chi connectivity index (χ0) is 98.7. The van der Waals surface area contributed by atoms with Crippen molar-refractivity contribution < 1.29 is 76.0 Å². The first-order chi connectivity index (χ1) is 66.4. The van der Waals surface area contributed by atoms with Crippen LogP contribution in [0.1, 0.15) is 253 Å². The van der Waals surface area contributed by atoms with Crippen LogP contribution in [0.2, 0.25) is 0 Å². The summed E-state index contributed by atoms with van der Waals surface area (Å²) < 4.78 is 71.3. The number of ether oxygens (including phenoxy) is 12. The number of nitrogens with zero attached hydrogens (tertiary/aromatic N) is 4. The van der Waals surface area contributed by atoms with Crippen molar-refractivity contribution in [2.45, 2.75) is 287 Å². The van der Waals surface area contributed by atoms with E-state index in [0.29, 0.717) is 156 Å². The van der Waals surface area contributed by atoms with Crippen LogP contribution in [0.25, 0.3) is 0 Å². The number of hydrogen-bond acceptors (Lipinski definition) is 18. The number of amides is 4. The monoisotopic (exact) mass is 1890 g/mol. The summed E-state index contributed by atoms with van der Waals surface area (Å²) >= 11 is 0. The molecule has 9 rings (SSSR count). The molecule has 22 heteroatoms. The van der Waals surface area contributed by atoms with Gasteiger partial charge in [-0.05, 0) is 249 Å². The molecule has 9 aromatic rings. The summed E-state index contributed by atoms with van der Waals surface area (Å²) in [7, 11) is 0. The predicted octanol–water partition coefficient (Wildman–Crippen LogP) is 26.3. The van der Waals surface area contributed by atoms with Gasteiger partial charge in [0.2, 0.25) is 0 Å². The van der Waals surface area contributed by atoms with E-state index in [2.05, 4.69) is 96.6 Å². The molecule has 0 aliphatic carbocycles. The van der Waals surface area contributed by atoms with Crippen LogP contribution in [-0.2, 0) is 107 Å². The van der Waals surface area contributed by atoms with E-state index in [1.807, 2.05) is 241 Å². The third-order valence-electron chi connectivity index (χ3n) is 22.1. The molecule has 22 nitrogen and oxygen atoms in total. The fraction of sp³-hybridized carbons (Fsp3) is 0.466. The third-order valence-corrected chi connectivity index (χ3v) is 22.1. The molecule has 0 fully saturated rings. The SMILES string of the molecule is C=CCCCCCCCCCOc1ccc(CN(Cc2ccc(CN(Cc3ccc(CNCc4ccc(OCCOCCOc5cccc(OCCOCCOc6ccc(CNCc7ccc(CN(Cc8ccc(CN(Cc9ccc(OCCCCCCCCCC=C)cc9)C(=O)OC(C)(C)C)cc8)C(=O)OC(C)(C)C)cc7)cc6)c5)cc4)cc3)C(=O)OC(C)(C)C)cc2)C(=O)OC(C)(C)C)cc1. The first kappa shape index (κ1) is 110. The van der Waals surface area contributed by atoms with Crippen molar-refractivity contribution in [1.29, 1.82) is 0 Å². The van der Waals surface area contributed by atoms with Gasteiger partial charge in [-0.1, -0.05) is 228 Å². The van der Waals surface area contributed by atoms with Gasteiger partial charge in [-0.3, -0.25) is 19.6 Å². The third kappa shape index (κ3) is 46.1. The smallest absolute Gasteiger partial charge is 0.410 e. The van der Waals surface area contributed by atoms with Crippen LogP contribution in [-0.4, -0.2) is 132 Å². The Kier molecular flexibility index (Phi) is 47.3.